The van der Waals surface area contributed by atoms with Crippen molar-refractivity contribution in [2.45, 2.75) is 72.4 Å². The summed E-state index contributed by atoms with van der Waals surface area (Å²) in [4.78, 5) is -0.675. The second-order valence-corrected chi connectivity index (χ2v) is 13.6. The Morgan fingerprint density at radius 3 is 1.11 bits per heavy atom. The molecule has 0 heterocycles. The monoisotopic (exact) mass is 293 g/mol. The van der Waals surface area contributed by atoms with Crippen LogP contribution in [0.3, 0.4) is 0 Å². The van der Waals surface area contributed by atoms with Gasteiger partial charge in [-0.25, -0.2) is 0 Å². The Morgan fingerprint density at radius 1 is 0.778 bits per heavy atom. The first-order chi connectivity index (χ1) is 7.56. The average Bonchev–Trinajstić information content (AvgIpc) is 1.96. The lowest BCUT2D eigenvalue weighted by molar-refractivity contribution is 0.199. The van der Waals surface area contributed by atoms with Crippen LogP contribution in [-0.4, -0.2) is 16.7 Å². The van der Waals surface area contributed by atoms with Crippen molar-refractivity contribution in [3.63, 3.8) is 0 Å². The van der Waals surface area contributed by atoms with Crippen LogP contribution in [0, 0.1) is 10.8 Å². The molecule has 0 fully saturated rings. The fraction of sp³-hybridized carbons (Fsp3) is 1.00. The van der Waals surface area contributed by atoms with Crippen LogP contribution in [0.2, 0.25) is 0 Å². The Kier molecular flexibility index (Phi) is 4.79. The molecule has 1 unspecified atom stereocenters. The van der Waals surface area contributed by atoms with Gasteiger partial charge in [0.05, 0.1) is 0 Å². The second-order valence-electron chi connectivity index (χ2n) is 8.41. The highest BCUT2D eigenvalue weighted by atomic mass is 31.2. The van der Waals surface area contributed by atoms with E-state index in [2.05, 4.69) is 41.5 Å². The largest absolute Gasteiger partial charge is 0.339 e. The van der Waals surface area contributed by atoms with Gasteiger partial charge in [0.1, 0.15) is 7.14 Å². The van der Waals surface area contributed by atoms with Gasteiger partial charge in [-0.2, -0.15) is 0 Å². The van der Waals surface area contributed by atoms with Crippen LogP contribution in [0.4, 0.5) is 0 Å². The molecule has 0 rings (SSSR count). The van der Waals surface area contributed by atoms with E-state index >= 15 is 0 Å². The number of rotatable bonds is 2. The third kappa shape index (κ3) is 2.48. The molecule has 0 saturated carbocycles. The predicted octanol–water partition coefficient (Wildman–Crippen LogP) is 5.59. The summed E-state index contributed by atoms with van der Waals surface area (Å²) >= 11 is 0. The Hall–Kier alpha value is 0.330. The molecule has 2 nitrogen and oxygen atoms in total. The van der Waals surface area contributed by atoms with Gasteiger partial charge in [-0.15, -0.1) is 0 Å². The molecule has 0 bridgehead atoms. The number of hydrogen-bond acceptors (Lipinski definition) is 2. The van der Waals surface area contributed by atoms with Crippen molar-refractivity contribution in [1.82, 2.24) is 0 Å². The molecular formula is C14H31O2P2+. The molecule has 0 saturated heterocycles. The van der Waals surface area contributed by atoms with E-state index in [9.17, 15) is 9.13 Å². The van der Waals surface area contributed by atoms with E-state index in [-0.39, 0.29) is 16.0 Å². The topological polar surface area (TPSA) is 34.1 Å². The lowest BCUT2D eigenvalue weighted by atomic mass is 9.76. The fourth-order valence-electron chi connectivity index (χ4n) is 3.30. The molecule has 0 N–H and O–H groups in total. The summed E-state index contributed by atoms with van der Waals surface area (Å²) < 4.78 is 25.8. The molecule has 0 aliphatic heterocycles. The molecule has 18 heavy (non-hydrogen) atoms. The summed E-state index contributed by atoms with van der Waals surface area (Å²) in [6, 6.07) is 0. The molecule has 0 aromatic rings. The lowest BCUT2D eigenvalue weighted by Gasteiger charge is -2.50. The van der Waals surface area contributed by atoms with E-state index in [4.69, 9.17) is 0 Å². The number of hydrogen-bond donors (Lipinski definition) is 0. The van der Waals surface area contributed by atoms with Gasteiger partial charge in [0.15, 0.2) is 0 Å². The smallest absolute Gasteiger partial charge is 0.318 e. The normalized spacial score (nSPS) is 18.8. The van der Waals surface area contributed by atoms with E-state index < -0.39 is 20.5 Å². The van der Waals surface area contributed by atoms with Gasteiger partial charge in [-0.3, -0.25) is 0 Å². The van der Waals surface area contributed by atoms with Crippen molar-refractivity contribution >= 4 is 15.6 Å². The Balaban J connectivity index is 6.47. The van der Waals surface area contributed by atoms with Crippen molar-refractivity contribution in [2.75, 3.05) is 6.66 Å². The zero-order valence-electron chi connectivity index (χ0n) is 13.8. The van der Waals surface area contributed by atoms with E-state index in [0.29, 0.717) is 0 Å². The predicted molar refractivity (Wildman–Crippen MR) is 83.9 cm³/mol. The first kappa shape index (κ1) is 18.3. The zero-order valence-corrected chi connectivity index (χ0v) is 15.7. The van der Waals surface area contributed by atoms with Crippen LogP contribution >= 0.6 is 15.6 Å². The second kappa shape index (κ2) is 4.71. The molecule has 0 amide bonds. The van der Waals surface area contributed by atoms with E-state index in [1.807, 2.05) is 27.4 Å². The standard InChI is InChI=1S/C14H30O2P2/c1-11(2,3)14(17-15,12(4,5)6)18(10,16)13(7,8)9/h1-10H3/p+1/t18-/m0/s1. The van der Waals surface area contributed by atoms with Crippen LogP contribution in [0.5, 0.6) is 0 Å². The van der Waals surface area contributed by atoms with Crippen molar-refractivity contribution in [3.05, 3.63) is 0 Å². The summed E-state index contributed by atoms with van der Waals surface area (Å²) in [5, 5.41) is -0.342. The summed E-state index contributed by atoms with van der Waals surface area (Å²) in [7, 11) is -3.23. The summed E-state index contributed by atoms with van der Waals surface area (Å²) in [5.74, 6) is 0. The van der Waals surface area contributed by atoms with Crippen LogP contribution in [0.1, 0.15) is 62.3 Å². The summed E-state index contributed by atoms with van der Waals surface area (Å²) in [6.45, 7) is 20.2. The zero-order chi connectivity index (χ0) is 15.2. The SMILES string of the molecule is CC(C)(C)C([PH+]=O)(C(C)(C)C)[P@@](C)(=O)C(C)(C)C. The van der Waals surface area contributed by atoms with E-state index in [1.165, 1.54) is 0 Å². The van der Waals surface area contributed by atoms with Crippen molar-refractivity contribution < 1.29 is 9.13 Å². The third-order valence-corrected chi connectivity index (χ3v) is 12.8. The quantitative estimate of drug-likeness (QED) is 0.622. The maximum Gasteiger partial charge on any atom is 0.339 e. The molecule has 0 radical (unpaired) electrons. The average molecular weight is 293 g/mol. The maximum atomic E-state index is 13.6. The molecule has 0 aliphatic carbocycles. The highest BCUT2D eigenvalue weighted by Gasteiger charge is 2.70. The van der Waals surface area contributed by atoms with Gasteiger partial charge in [-0.05, 0) is 6.66 Å². The first-order valence-electron chi connectivity index (χ1n) is 6.53. The minimum Gasteiger partial charge on any atom is -0.318 e. The van der Waals surface area contributed by atoms with Gasteiger partial charge in [-0.1, -0.05) is 66.9 Å². The minimum atomic E-state index is -2.66. The van der Waals surface area contributed by atoms with Crippen molar-refractivity contribution in [1.29, 1.82) is 0 Å². The first-order valence-corrected chi connectivity index (χ1v) is 9.59. The third-order valence-electron chi connectivity index (χ3n) is 4.24. The fourth-order valence-corrected chi connectivity index (χ4v) is 9.18. The van der Waals surface area contributed by atoms with Crippen molar-refractivity contribution in [3.8, 4) is 0 Å². The van der Waals surface area contributed by atoms with Crippen LogP contribution in [0.15, 0.2) is 0 Å². The lowest BCUT2D eigenvalue weighted by Crippen LogP contribution is -2.51. The van der Waals surface area contributed by atoms with Gasteiger partial charge in [0.2, 0.25) is 4.90 Å². The summed E-state index contributed by atoms with van der Waals surface area (Å²) in [5.41, 5.74) is -0.550. The Labute approximate surface area is 115 Å². The van der Waals surface area contributed by atoms with Crippen molar-refractivity contribution in [2.24, 2.45) is 10.8 Å². The van der Waals surface area contributed by atoms with Gasteiger partial charge in [0.25, 0.3) is 0 Å². The van der Waals surface area contributed by atoms with Crippen LogP contribution in [-0.2, 0) is 9.13 Å². The molecule has 4 heteroatoms. The van der Waals surface area contributed by atoms with Gasteiger partial charge >= 0.3 is 8.46 Å². The van der Waals surface area contributed by atoms with Gasteiger partial charge in [0, 0.05) is 16.0 Å². The van der Waals surface area contributed by atoms with Crippen LogP contribution < -0.4 is 0 Å². The highest BCUT2D eigenvalue weighted by molar-refractivity contribution is 7.73. The molecule has 108 valence electrons. The Morgan fingerprint density at radius 2 is 1.06 bits per heavy atom. The molecular weight excluding hydrogens is 262 g/mol. The minimum absolute atomic E-state index is 0.275. The maximum absolute atomic E-state index is 13.6. The molecule has 0 aromatic heterocycles. The molecule has 0 aliphatic rings. The van der Waals surface area contributed by atoms with E-state index in [0.717, 1.165) is 0 Å². The van der Waals surface area contributed by atoms with Crippen LogP contribution in [0.25, 0.3) is 0 Å². The molecule has 2 atom stereocenters. The molecule has 0 spiro atoms. The molecule has 0 aromatic carbocycles. The Bertz CT molecular complexity index is 351. The van der Waals surface area contributed by atoms with E-state index in [1.54, 1.807) is 0 Å². The summed E-state index contributed by atoms with van der Waals surface area (Å²) in [6.07, 6.45) is 0. The van der Waals surface area contributed by atoms with Gasteiger partial charge < -0.3 is 4.57 Å². The highest BCUT2D eigenvalue weighted by Crippen LogP contribution is 2.78.